The molecule has 1 aromatic rings. The molecule has 1 aromatic heterocycles. The summed E-state index contributed by atoms with van der Waals surface area (Å²) in [6, 6.07) is 0.498. The Morgan fingerprint density at radius 2 is 2.11 bits per heavy atom. The highest BCUT2D eigenvalue weighted by atomic mass is 15.3. The van der Waals surface area contributed by atoms with Crippen LogP contribution in [0.3, 0.4) is 0 Å². The molecule has 6 heteroatoms. The summed E-state index contributed by atoms with van der Waals surface area (Å²) >= 11 is 0. The number of likely N-dealkylation sites (tertiary alicyclic amines) is 1. The number of nitrogens with zero attached hydrogens (tertiary/aromatic N) is 4. The molecule has 106 valence electrons. The van der Waals surface area contributed by atoms with Gasteiger partial charge in [0.05, 0.1) is 0 Å². The minimum atomic E-state index is 0.498. The van der Waals surface area contributed by atoms with Crippen LogP contribution in [0.1, 0.15) is 24.2 Å². The number of nitrogens with two attached hydrogens (primary N) is 1. The van der Waals surface area contributed by atoms with E-state index in [0.717, 1.165) is 23.8 Å². The summed E-state index contributed by atoms with van der Waals surface area (Å²) in [6.45, 7) is 6.16. The van der Waals surface area contributed by atoms with Crippen molar-refractivity contribution in [2.24, 2.45) is 5.84 Å². The van der Waals surface area contributed by atoms with Gasteiger partial charge in [-0.05, 0) is 40.3 Å². The van der Waals surface area contributed by atoms with Gasteiger partial charge in [-0.3, -0.25) is 0 Å². The number of hydrazine groups is 1. The number of anilines is 2. The maximum absolute atomic E-state index is 5.52. The van der Waals surface area contributed by atoms with Gasteiger partial charge in [0.2, 0.25) is 0 Å². The predicted molar refractivity (Wildman–Crippen MR) is 78.2 cm³/mol. The molecule has 0 aliphatic carbocycles. The summed E-state index contributed by atoms with van der Waals surface area (Å²) in [6.07, 6.45) is 2.44. The monoisotopic (exact) mass is 264 g/mol. The molecule has 6 nitrogen and oxygen atoms in total. The van der Waals surface area contributed by atoms with Crippen molar-refractivity contribution in [2.45, 2.75) is 32.7 Å². The standard InChI is InChI=1S/C13H24N6/c1-9-12(17-14)15-10(2)16-13(9)19(4)11-6-5-7-18(3)8-11/h11H,5-8,14H2,1-4H3,(H,15,16,17). The highest BCUT2D eigenvalue weighted by Crippen LogP contribution is 2.26. The second-order valence-corrected chi connectivity index (χ2v) is 5.38. The van der Waals surface area contributed by atoms with Gasteiger partial charge in [-0.2, -0.15) is 0 Å². The van der Waals surface area contributed by atoms with Gasteiger partial charge in [0.15, 0.2) is 0 Å². The third-order valence-electron chi connectivity index (χ3n) is 3.85. The molecule has 2 heterocycles. The normalized spacial score (nSPS) is 20.4. The first-order valence-corrected chi connectivity index (χ1v) is 6.76. The average Bonchev–Trinajstić information content (AvgIpc) is 2.40. The van der Waals surface area contributed by atoms with Gasteiger partial charge in [0.1, 0.15) is 17.5 Å². The molecule has 2 rings (SSSR count). The minimum absolute atomic E-state index is 0.498. The zero-order valence-corrected chi connectivity index (χ0v) is 12.3. The third kappa shape index (κ3) is 2.96. The number of nitrogen functional groups attached to an aromatic ring is 1. The maximum atomic E-state index is 5.52. The Kier molecular flexibility index (Phi) is 4.21. The summed E-state index contributed by atoms with van der Waals surface area (Å²) < 4.78 is 0. The Balaban J connectivity index is 2.27. The lowest BCUT2D eigenvalue weighted by atomic mass is 10.0. The number of likely N-dealkylation sites (N-methyl/N-ethyl adjacent to an activating group) is 2. The van der Waals surface area contributed by atoms with Gasteiger partial charge in [0, 0.05) is 25.2 Å². The van der Waals surface area contributed by atoms with E-state index < -0.39 is 0 Å². The van der Waals surface area contributed by atoms with Crippen molar-refractivity contribution >= 4 is 11.6 Å². The Bertz CT molecular complexity index is 447. The Morgan fingerprint density at radius 3 is 2.74 bits per heavy atom. The molecule has 1 saturated heterocycles. The summed E-state index contributed by atoms with van der Waals surface area (Å²) in [7, 11) is 4.28. The first-order valence-electron chi connectivity index (χ1n) is 6.76. The van der Waals surface area contributed by atoms with Crippen molar-refractivity contribution in [1.29, 1.82) is 0 Å². The SMILES string of the molecule is Cc1nc(NN)c(C)c(N(C)C2CCCN(C)C2)n1. The van der Waals surface area contributed by atoms with Crippen molar-refractivity contribution in [1.82, 2.24) is 14.9 Å². The molecule has 0 amide bonds. The minimum Gasteiger partial charge on any atom is -0.355 e. The molecule has 0 saturated carbocycles. The summed E-state index contributed by atoms with van der Waals surface area (Å²) in [5.74, 6) is 7.94. The van der Waals surface area contributed by atoms with Crippen LogP contribution in [0.15, 0.2) is 0 Å². The molecule has 1 fully saturated rings. The second kappa shape index (κ2) is 5.71. The Labute approximate surface area is 115 Å². The number of hydrogen-bond acceptors (Lipinski definition) is 6. The lowest BCUT2D eigenvalue weighted by Gasteiger charge is -2.37. The summed E-state index contributed by atoms with van der Waals surface area (Å²) in [5.41, 5.74) is 3.66. The van der Waals surface area contributed by atoms with Crippen LogP contribution in [0.5, 0.6) is 0 Å². The number of hydrogen-bond donors (Lipinski definition) is 2. The van der Waals surface area contributed by atoms with Crippen molar-refractivity contribution < 1.29 is 0 Å². The Morgan fingerprint density at radius 1 is 1.37 bits per heavy atom. The zero-order valence-electron chi connectivity index (χ0n) is 12.3. The van der Waals surface area contributed by atoms with E-state index in [9.17, 15) is 0 Å². The van der Waals surface area contributed by atoms with E-state index in [0.29, 0.717) is 11.9 Å². The van der Waals surface area contributed by atoms with E-state index in [-0.39, 0.29) is 0 Å². The van der Waals surface area contributed by atoms with E-state index in [4.69, 9.17) is 5.84 Å². The topological polar surface area (TPSA) is 70.3 Å². The van der Waals surface area contributed by atoms with E-state index in [1.54, 1.807) is 0 Å². The van der Waals surface area contributed by atoms with Crippen LogP contribution in [0.4, 0.5) is 11.6 Å². The molecule has 0 radical (unpaired) electrons. The van der Waals surface area contributed by atoms with Crippen molar-refractivity contribution in [3.63, 3.8) is 0 Å². The van der Waals surface area contributed by atoms with Crippen LogP contribution in [0, 0.1) is 13.8 Å². The van der Waals surface area contributed by atoms with E-state index in [2.05, 4.69) is 39.3 Å². The van der Waals surface area contributed by atoms with Crippen molar-refractivity contribution in [3.8, 4) is 0 Å². The molecule has 1 aliphatic heterocycles. The van der Waals surface area contributed by atoms with Gasteiger partial charge in [0.25, 0.3) is 0 Å². The molecule has 0 spiro atoms. The fraction of sp³-hybridized carbons (Fsp3) is 0.692. The van der Waals surface area contributed by atoms with Crippen LogP contribution in [0.25, 0.3) is 0 Å². The third-order valence-corrected chi connectivity index (χ3v) is 3.85. The second-order valence-electron chi connectivity index (χ2n) is 5.38. The van der Waals surface area contributed by atoms with Crippen LogP contribution in [0.2, 0.25) is 0 Å². The van der Waals surface area contributed by atoms with Crippen molar-refractivity contribution in [3.05, 3.63) is 11.4 Å². The van der Waals surface area contributed by atoms with Crippen LogP contribution in [-0.2, 0) is 0 Å². The van der Waals surface area contributed by atoms with E-state index in [1.807, 2.05) is 13.8 Å². The lowest BCUT2D eigenvalue weighted by molar-refractivity contribution is 0.247. The number of nitrogens with one attached hydrogen (secondary N) is 1. The van der Waals surface area contributed by atoms with Crippen LogP contribution >= 0.6 is 0 Å². The van der Waals surface area contributed by atoms with Crippen LogP contribution < -0.4 is 16.2 Å². The zero-order chi connectivity index (χ0) is 14.0. The highest BCUT2D eigenvalue weighted by Gasteiger charge is 2.24. The van der Waals surface area contributed by atoms with Crippen LogP contribution in [-0.4, -0.2) is 48.1 Å². The summed E-state index contributed by atoms with van der Waals surface area (Å²) in [4.78, 5) is 13.5. The molecular formula is C13H24N6. The van der Waals surface area contributed by atoms with Gasteiger partial charge in [-0.25, -0.2) is 15.8 Å². The molecule has 19 heavy (non-hydrogen) atoms. The number of aryl methyl sites for hydroxylation is 1. The molecule has 3 N–H and O–H groups in total. The largest absolute Gasteiger partial charge is 0.355 e. The van der Waals surface area contributed by atoms with Gasteiger partial charge in [-0.1, -0.05) is 0 Å². The number of rotatable bonds is 3. The first-order chi connectivity index (χ1) is 9.02. The quantitative estimate of drug-likeness (QED) is 0.624. The number of aromatic nitrogens is 2. The molecular weight excluding hydrogens is 240 g/mol. The first kappa shape index (κ1) is 14.0. The molecule has 1 unspecified atom stereocenters. The molecule has 1 aliphatic rings. The van der Waals surface area contributed by atoms with E-state index in [1.165, 1.54) is 19.4 Å². The molecule has 0 bridgehead atoms. The fourth-order valence-corrected chi connectivity index (χ4v) is 2.73. The predicted octanol–water partition coefficient (Wildman–Crippen LogP) is 0.909. The molecule has 0 aromatic carbocycles. The van der Waals surface area contributed by atoms with Crippen molar-refractivity contribution in [2.75, 3.05) is 37.5 Å². The highest BCUT2D eigenvalue weighted by molar-refractivity contribution is 5.58. The molecule has 1 atom stereocenters. The smallest absolute Gasteiger partial charge is 0.148 e. The van der Waals surface area contributed by atoms with Gasteiger partial charge >= 0.3 is 0 Å². The fourth-order valence-electron chi connectivity index (χ4n) is 2.73. The maximum Gasteiger partial charge on any atom is 0.148 e. The van der Waals surface area contributed by atoms with Gasteiger partial charge in [-0.15, -0.1) is 0 Å². The number of piperidine rings is 1. The average molecular weight is 264 g/mol. The summed E-state index contributed by atoms with van der Waals surface area (Å²) in [5, 5.41) is 0. The van der Waals surface area contributed by atoms with Gasteiger partial charge < -0.3 is 15.2 Å². The Hall–Kier alpha value is -1.40. The van der Waals surface area contributed by atoms with E-state index >= 15 is 0 Å². The lowest BCUT2D eigenvalue weighted by Crippen LogP contribution is -2.45.